The normalized spacial score (nSPS) is 12.2. The zero-order valence-electron chi connectivity index (χ0n) is 58.1. The van der Waals surface area contributed by atoms with E-state index in [-0.39, 0.29) is 62.7 Å². The predicted octanol–water partition coefficient (Wildman–Crippen LogP) is 22.7. The molecule has 0 amide bonds. The van der Waals surface area contributed by atoms with Gasteiger partial charge in [-0.15, -0.1) is 0 Å². The van der Waals surface area contributed by atoms with Crippen molar-refractivity contribution >= 4 is 49.7 Å². The van der Waals surface area contributed by atoms with Crippen LogP contribution >= 0.6 is 0 Å². The monoisotopic (exact) mass is 1200 g/mol. The number of unbranched alkanes of at least 4 members (excludes halogenated alkanes) is 56. The fourth-order valence-electron chi connectivity index (χ4n) is 12.6. The van der Waals surface area contributed by atoms with E-state index in [2.05, 4.69) is 51.3 Å². The summed E-state index contributed by atoms with van der Waals surface area (Å²) in [5.74, 6) is -1.81. The zero-order chi connectivity index (χ0) is 60.1. The third kappa shape index (κ3) is 74.5. The Balaban J connectivity index is -0.00000152. The number of rotatable bonds is 70. The molecule has 0 aliphatic rings. The second-order valence-corrected chi connectivity index (χ2v) is 26.7. The Morgan fingerprint density at radius 1 is 0.229 bits per heavy atom. The van der Waals surface area contributed by atoms with Gasteiger partial charge < -0.3 is 29.6 Å². The van der Waals surface area contributed by atoms with E-state index in [1.807, 2.05) is 0 Å². The van der Waals surface area contributed by atoms with Crippen LogP contribution in [0.25, 0.3) is 0 Å². The maximum absolute atomic E-state index is 11.2. The maximum Gasteiger partial charge on any atom is 2.00 e. The van der Waals surface area contributed by atoms with Gasteiger partial charge in [-0.05, 0) is 65.7 Å². The largest absolute Gasteiger partial charge is 2.00 e. The fraction of sp³-hybridized carbons (Fsp3) is 0.974. The smallest absolute Gasteiger partial charge is 0.550 e. The Labute approximate surface area is 553 Å². The Hall–Kier alpha value is 0.120. The number of nitrogens with zero attached hydrogens (tertiary/aromatic N) is 2. The summed E-state index contributed by atoms with van der Waals surface area (Å²) in [6.07, 6.45) is 83.5. The molecule has 83 heavy (non-hydrogen) atoms. The number of aliphatic carboxylic acids is 2. The number of carbonyl (C=O) groups excluding carboxylic acids is 2. The minimum Gasteiger partial charge on any atom is -0.550 e. The summed E-state index contributed by atoms with van der Waals surface area (Å²) in [6.45, 7) is 17.5. The van der Waals surface area contributed by atoms with Crippen LogP contribution in [0.5, 0.6) is 0 Å². The zero-order valence-corrected chi connectivity index (χ0v) is 60.3. The Morgan fingerprint density at radius 3 is 0.446 bits per heavy atom. The Kier molecular flexibility index (Phi) is 80.3. The number of carbonyl (C=O) groups is 2. The van der Waals surface area contributed by atoms with E-state index in [9.17, 15) is 19.8 Å². The van der Waals surface area contributed by atoms with Crippen molar-refractivity contribution in [3.8, 4) is 0 Å². The molecule has 0 heterocycles. The van der Waals surface area contributed by atoms with Crippen molar-refractivity contribution in [2.45, 2.75) is 452 Å². The first-order valence-electron chi connectivity index (χ1n) is 38.1. The van der Waals surface area contributed by atoms with Gasteiger partial charge in [-0.3, -0.25) is 0 Å². The third-order valence-corrected chi connectivity index (χ3v) is 18.4. The molecule has 0 fully saturated rings. The van der Waals surface area contributed by atoms with Crippen molar-refractivity contribution in [2.24, 2.45) is 0 Å². The summed E-state index contributed by atoms with van der Waals surface area (Å²) in [5.41, 5.74) is 0. The van der Waals surface area contributed by atoms with Gasteiger partial charge in [0.15, 0.2) is 0 Å². The number of hydrogen-bond acceptors (Lipinski definition) is 6. The number of carboxylic acids is 2. The van der Waals surface area contributed by atoms with Crippen LogP contribution in [0, 0.1) is 0 Å². The van der Waals surface area contributed by atoms with E-state index >= 15 is 0 Å². The van der Waals surface area contributed by atoms with Gasteiger partial charge in [0.1, 0.15) is 0 Å². The van der Waals surface area contributed by atoms with Crippen molar-refractivity contribution in [1.29, 1.82) is 0 Å². The quantitative estimate of drug-likeness (QED) is 0.0445. The van der Waals surface area contributed by atoms with E-state index < -0.39 is 11.9 Å². The molecular formula is C76H152CaN2O4. The topological polar surface area (TPSA) is 86.7 Å². The standard InChI is InChI=1S/2C38H77NO2.Ca/c2*1-4-6-8-10-12-14-16-18-20-22-24-26-28-30-32-34-39(37(3)36-38(40)41)35-33-31-29-27-25-23-21-19-17-15-13-11-9-7-5-2;/h2*37H,4-36H2,1-3H3,(H,40,41);/q;;+2/p-2. The average Bonchev–Trinajstić information content (AvgIpc) is 3.45. The van der Waals surface area contributed by atoms with E-state index in [1.54, 1.807) is 0 Å². The molecule has 0 aliphatic heterocycles. The first-order valence-corrected chi connectivity index (χ1v) is 38.1. The second-order valence-electron chi connectivity index (χ2n) is 26.7. The minimum absolute atomic E-state index is 0. The van der Waals surface area contributed by atoms with Gasteiger partial charge in [0.2, 0.25) is 0 Å². The molecule has 0 saturated carbocycles. The van der Waals surface area contributed by atoms with E-state index in [1.165, 1.54) is 385 Å². The molecule has 0 aliphatic carbocycles. The SMILES string of the molecule is CCCCCCCCCCCCCCCCCN(CCCCCCCCCCCCCCCCC)C(C)CC(=O)[O-].CCCCCCCCCCCCCCCCCN(CCCCCCCCCCCCCCCCC)C(C)CC(=O)[O-].[Ca+2]. The molecule has 2 unspecified atom stereocenters. The first-order chi connectivity index (χ1) is 40.2. The van der Waals surface area contributed by atoms with Crippen LogP contribution in [0.1, 0.15) is 440 Å². The molecular weight excluding hydrogens is 1040 g/mol. The van der Waals surface area contributed by atoms with Gasteiger partial charge in [-0.25, -0.2) is 0 Å². The van der Waals surface area contributed by atoms with Gasteiger partial charge in [-0.2, -0.15) is 0 Å². The van der Waals surface area contributed by atoms with Crippen LogP contribution in [0.15, 0.2) is 0 Å². The summed E-state index contributed by atoms with van der Waals surface area (Å²) >= 11 is 0. The molecule has 0 radical (unpaired) electrons. The van der Waals surface area contributed by atoms with Crippen LogP contribution in [0.2, 0.25) is 0 Å². The van der Waals surface area contributed by atoms with Gasteiger partial charge in [0, 0.05) is 36.9 Å². The summed E-state index contributed by atoms with van der Waals surface area (Å²) in [4.78, 5) is 27.3. The van der Waals surface area contributed by atoms with Crippen LogP contribution < -0.4 is 10.2 Å². The molecule has 492 valence electrons. The number of carboxylic acid groups (broad SMARTS) is 2. The molecule has 0 aromatic carbocycles. The van der Waals surface area contributed by atoms with Gasteiger partial charge in [0.25, 0.3) is 0 Å². The predicted molar refractivity (Wildman–Crippen MR) is 367 cm³/mol. The van der Waals surface area contributed by atoms with Crippen molar-refractivity contribution in [2.75, 3.05) is 26.2 Å². The molecule has 0 aromatic rings. The van der Waals surface area contributed by atoms with Crippen molar-refractivity contribution in [3.05, 3.63) is 0 Å². The fourth-order valence-corrected chi connectivity index (χ4v) is 12.6. The van der Waals surface area contributed by atoms with Gasteiger partial charge in [-0.1, -0.05) is 387 Å². The summed E-state index contributed by atoms with van der Waals surface area (Å²) < 4.78 is 0. The van der Waals surface area contributed by atoms with Crippen LogP contribution in [0.4, 0.5) is 0 Å². The Bertz CT molecular complexity index is 1050. The molecule has 7 heteroatoms. The summed E-state index contributed by atoms with van der Waals surface area (Å²) in [6, 6.07) is 0.191. The third-order valence-electron chi connectivity index (χ3n) is 18.4. The van der Waals surface area contributed by atoms with E-state index in [0.717, 1.165) is 26.2 Å². The van der Waals surface area contributed by atoms with Crippen molar-refractivity contribution < 1.29 is 19.8 Å². The molecule has 0 rings (SSSR count). The average molecular weight is 1200 g/mol. The second kappa shape index (κ2) is 76.4. The first kappa shape index (κ1) is 87.3. The minimum atomic E-state index is -0.907. The van der Waals surface area contributed by atoms with Crippen molar-refractivity contribution in [1.82, 2.24) is 9.80 Å². The van der Waals surface area contributed by atoms with E-state index in [4.69, 9.17) is 0 Å². The van der Waals surface area contributed by atoms with E-state index in [0.29, 0.717) is 0 Å². The molecule has 0 N–H and O–H groups in total. The van der Waals surface area contributed by atoms with Gasteiger partial charge in [0.05, 0.1) is 0 Å². The molecule has 6 nitrogen and oxygen atoms in total. The van der Waals surface area contributed by atoms with Crippen molar-refractivity contribution in [3.63, 3.8) is 0 Å². The van der Waals surface area contributed by atoms with Crippen LogP contribution in [-0.4, -0.2) is 97.7 Å². The van der Waals surface area contributed by atoms with Crippen LogP contribution in [-0.2, 0) is 9.59 Å². The molecule has 0 saturated heterocycles. The molecule has 0 aromatic heterocycles. The Morgan fingerprint density at radius 2 is 0.337 bits per heavy atom. The molecule has 0 bridgehead atoms. The summed E-state index contributed by atoms with van der Waals surface area (Å²) in [5, 5.41) is 22.4. The maximum atomic E-state index is 11.2. The summed E-state index contributed by atoms with van der Waals surface area (Å²) in [7, 11) is 0. The number of hydrogen-bond donors (Lipinski definition) is 0. The van der Waals surface area contributed by atoms with Gasteiger partial charge >= 0.3 is 37.7 Å². The molecule has 2 atom stereocenters. The molecule has 0 spiro atoms. The van der Waals surface area contributed by atoms with Crippen LogP contribution in [0.3, 0.4) is 0 Å².